The molecule has 3 aromatic rings. The van der Waals surface area contributed by atoms with Crippen LogP contribution in [0.5, 0.6) is 0 Å². The first kappa shape index (κ1) is 11.6. The van der Waals surface area contributed by atoms with Crippen LogP contribution in [0.1, 0.15) is 19.0 Å². The minimum Gasteiger partial charge on any atom is -0.337 e. The highest BCUT2D eigenvalue weighted by Gasteiger charge is 2.14. The Bertz CT molecular complexity index is 688. The summed E-state index contributed by atoms with van der Waals surface area (Å²) in [4.78, 5) is 8.82. The molecule has 6 heteroatoms. The number of nitrogens with one attached hydrogen (secondary N) is 1. The summed E-state index contributed by atoms with van der Waals surface area (Å²) < 4.78 is 4.01. The maximum Gasteiger partial charge on any atom is 0.152 e. The lowest BCUT2D eigenvalue weighted by atomic mass is 10.2. The molecule has 0 radical (unpaired) electrons. The Balaban J connectivity index is 2.14. The predicted octanol–water partition coefficient (Wildman–Crippen LogP) is 3.69. The van der Waals surface area contributed by atoms with Crippen LogP contribution in [0.4, 0.5) is 0 Å². The lowest BCUT2D eigenvalue weighted by molar-refractivity contribution is 0.870. The molecule has 0 atom stereocenters. The van der Waals surface area contributed by atoms with Gasteiger partial charge in [0.2, 0.25) is 0 Å². The molecule has 0 saturated heterocycles. The standard InChI is InChI=1S/C12H11ClN4S/c1-2-4-9-11(18-17-16-9)12-14-8-6-3-5-7(13)10(8)15-12/h3,5-6H,2,4H2,1H3,(H,14,15). The first-order valence-corrected chi connectivity index (χ1v) is 6.90. The number of rotatable bonds is 3. The number of H-pyrrole nitrogens is 1. The molecule has 2 aromatic heterocycles. The number of para-hydroxylation sites is 1. The van der Waals surface area contributed by atoms with E-state index < -0.39 is 0 Å². The SMILES string of the molecule is CCCc1nnsc1-c1nc2c(Cl)cccc2[nH]1. The van der Waals surface area contributed by atoms with Crippen molar-refractivity contribution in [3.8, 4) is 10.7 Å². The first-order chi connectivity index (χ1) is 8.79. The Hall–Kier alpha value is -1.46. The van der Waals surface area contributed by atoms with Crippen molar-refractivity contribution >= 4 is 34.2 Å². The molecule has 18 heavy (non-hydrogen) atoms. The van der Waals surface area contributed by atoms with E-state index in [0.717, 1.165) is 40.3 Å². The molecule has 0 aliphatic heterocycles. The number of aromatic nitrogens is 4. The van der Waals surface area contributed by atoms with Gasteiger partial charge in [-0.25, -0.2) is 4.98 Å². The molecule has 3 rings (SSSR count). The molecule has 0 spiro atoms. The van der Waals surface area contributed by atoms with Crippen molar-refractivity contribution in [2.45, 2.75) is 19.8 Å². The van der Waals surface area contributed by atoms with Gasteiger partial charge in [-0.05, 0) is 30.1 Å². The van der Waals surface area contributed by atoms with Gasteiger partial charge in [0.25, 0.3) is 0 Å². The molecule has 1 N–H and O–H groups in total. The average molecular weight is 279 g/mol. The van der Waals surface area contributed by atoms with Gasteiger partial charge in [-0.2, -0.15) is 0 Å². The fourth-order valence-corrected chi connectivity index (χ4v) is 2.76. The van der Waals surface area contributed by atoms with Crippen LogP contribution in [0.25, 0.3) is 21.7 Å². The van der Waals surface area contributed by atoms with E-state index in [1.54, 1.807) is 0 Å². The van der Waals surface area contributed by atoms with Gasteiger partial charge in [0.05, 0.1) is 16.2 Å². The van der Waals surface area contributed by atoms with Crippen LogP contribution in [-0.2, 0) is 6.42 Å². The minimum absolute atomic E-state index is 0.657. The summed E-state index contributed by atoms with van der Waals surface area (Å²) in [5.74, 6) is 0.802. The number of benzene rings is 1. The second kappa shape index (κ2) is 4.66. The molecule has 1 aromatic carbocycles. The average Bonchev–Trinajstić information content (AvgIpc) is 2.95. The normalized spacial score (nSPS) is 11.2. The fourth-order valence-electron chi connectivity index (χ4n) is 1.89. The zero-order valence-corrected chi connectivity index (χ0v) is 11.3. The van der Waals surface area contributed by atoms with Gasteiger partial charge in [0.1, 0.15) is 10.4 Å². The maximum atomic E-state index is 6.12. The third-order valence-corrected chi connectivity index (χ3v) is 3.80. The van der Waals surface area contributed by atoms with E-state index in [1.165, 1.54) is 11.5 Å². The minimum atomic E-state index is 0.657. The highest BCUT2D eigenvalue weighted by molar-refractivity contribution is 7.09. The van der Waals surface area contributed by atoms with E-state index in [2.05, 4.69) is 26.5 Å². The molecule has 4 nitrogen and oxygen atoms in total. The van der Waals surface area contributed by atoms with E-state index >= 15 is 0 Å². The summed E-state index contributed by atoms with van der Waals surface area (Å²) in [5.41, 5.74) is 2.73. The van der Waals surface area contributed by atoms with Crippen LogP contribution >= 0.6 is 23.1 Å². The van der Waals surface area contributed by atoms with Crippen LogP contribution in [-0.4, -0.2) is 19.6 Å². The van der Waals surface area contributed by atoms with Crippen molar-refractivity contribution in [3.63, 3.8) is 0 Å². The number of fused-ring (bicyclic) bond motifs is 1. The van der Waals surface area contributed by atoms with E-state index in [0.29, 0.717) is 5.02 Å². The van der Waals surface area contributed by atoms with E-state index in [1.807, 2.05) is 18.2 Å². The predicted molar refractivity (Wildman–Crippen MR) is 74.0 cm³/mol. The van der Waals surface area contributed by atoms with Crippen LogP contribution < -0.4 is 0 Å². The number of aryl methyl sites for hydroxylation is 1. The van der Waals surface area contributed by atoms with Crippen molar-refractivity contribution in [1.29, 1.82) is 0 Å². The zero-order chi connectivity index (χ0) is 12.5. The number of hydrogen-bond acceptors (Lipinski definition) is 4. The molecule has 0 aliphatic carbocycles. The van der Waals surface area contributed by atoms with Gasteiger partial charge in [-0.15, -0.1) is 5.10 Å². The zero-order valence-electron chi connectivity index (χ0n) is 9.77. The topological polar surface area (TPSA) is 54.5 Å². The van der Waals surface area contributed by atoms with Gasteiger partial charge in [-0.1, -0.05) is 35.5 Å². The molecule has 0 aliphatic rings. The molecular formula is C12H11ClN4S. The summed E-state index contributed by atoms with van der Waals surface area (Å²) >= 11 is 7.49. The second-order valence-corrected chi connectivity index (χ2v) is 5.18. The lowest BCUT2D eigenvalue weighted by Crippen LogP contribution is -1.88. The lowest BCUT2D eigenvalue weighted by Gasteiger charge is -1.94. The Morgan fingerprint density at radius 3 is 3.06 bits per heavy atom. The van der Waals surface area contributed by atoms with Crippen molar-refractivity contribution in [1.82, 2.24) is 19.6 Å². The largest absolute Gasteiger partial charge is 0.337 e. The van der Waals surface area contributed by atoms with Crippen molar-refractivity contribution in [3.05, 3.63) is 28.9 Å². The highest BCUT2D eigenvalue weighted by Crippen LogP contribution is 2.29. The van der Waals surface area contributed by atoms with Crippen LogP contribution in [0.2, 0.25) is 5.02 Å². The van der Waals surface area contributed by atoms with Gasteiger partial charge in [0, 0.05) is 0 Å². The second-order valence-electron chi connectivity index (χ2n) is 4.02. The molecule has 0 bridgehead atoms. The van der Waals surface area contributed by atoms with E-state index in [4.69, 9.17) is 11.6 Å². The van der Waals surface area contributed by atoms with Crippen molar-refractivity contribution < 1.29 is 0 Å². The van der Waals surface area contributed by atoms with Gasteiger partial charge >= 0.3 is 0 Å². The number of aromatic amines is 1. The third kappa shape index (κ3) is 1.89. The smallest absolute Gasteiger partial charge is 0.152 e. The summed E-state index contributed by atoms with van der Waals surface area (Å²) in [6, 6.07) is 5.71. The molecular weight excluding hydrogens is 268 g/mol. The fraction of sp³-hybridized carbons (Fsp3) is 0.250. The van der Waals surface area contributed by atoms with Gasteiger partial charge in [-0.3, -0.25) is 0 Å². The third-order valence-electron chi connectivity index (χ3n) is 2.72. The van der Waals surface area contributed by atoms with Crippen molar-refractivity contribution in [2.24, 2.45) is 0 Å². The van der Waals surface area contributed by atoms with Crippen LogP contribution in [0.3, 0.4) is 0 Å². The Morgan fingerprint density at radius 1 is 1.39 bits per heavy atom. The molecule has 2 heterocycles. The Labute approximate surface area is 113 Å². The van der Waals surface area contributed by atoms with E-state index in [9.17, 15) is 0 Å². The number of hydrogen-bond donors (Lipinski definition) is 1. The van der Waals surface area contributed by atoms with Crippen molar-refractivity contribution in [2.75, 3.05) is 0 Å². The molecule has 0 unspecified atom stereocenters. The molecule has 92 valence electrons. The summed E-state index contributed by atoms with van der Waals surface area (Å²) in [6.45, 7) is 2.12. The summed E-state index contributed by atoms with van der Waals surface area (Å²) in [7, 11) is 0. The van der Waals surface area contributed by atoms with Crippen LogP contribution in [0, 0.1) is 0 Å². The monoisotopic (exact) mass is 278 g/mol. The Morgan fingerprint density at radius 2 is 2.28 bits per heavy atom. The van der Waals surface area contributed by atoms with Gasteiger partial charge in [0.15, 0.2) is 5.82 Å². The molecule has 0 fully saturated rings. The number of nitrogens with zero attached hydrogens (tertiary/aromatic N) is 3. The first-order valence-electron chi connectivity index (χ1n) is 5.75. The van der Waals surface area contributed by atoms with E-state index in [-0.39, 0.29) is 0 Å². The quantitative estimate of drug-likeness (QED) is 0.795. The summed E-state index contributed by atoms with van der Waals surface area (Å²) in [6.07, 6.45) is 1.95. The maximum absolute atomic E-state index is 6.12. The molecule has 0 amide bonds. The molecule has 0 saturated carbocycles. The number of halogens is 1. The Kier molecular flexibility index (Phi) is 3.01. The van der Waals surface area contributed by atoms with Gasteiger partial charge < -0.3 is 4.98 Å². The van der Waals surface area contributed by atoms with Crippen LogP contribution in [0.15, 0.2) is 18.2 Å². The summed E-state index contributed by atoms with van der Waals surface area (Å²) in [5, 5.41) is 4.81. The number of imidazole rings is 1. The highest BCUT2D eigenvalue weighted by atomic mass is 35.5.